The number of nitrogens with one attached hydrogen (secondary N) is 1. The van der Waals surface area contributed by atoms with Gasteiger partial charge in [-0.3, -0.25) is 0 Å². The fraction of sp³-hybridized carbons (Fsp3) is 0.0909. The van der Waals surface area contributed by atoms with E-state index in [1.54, 1.807) is 24.3 Å². The smallest absolute Gasteiger partial charge is 0.0796 e. The van der Waals surface area contributed by atoms with Crippen molar-refractivity contribution in [3.8, 4) is 0 Å². The molecule has 0 atom stereocenters. The zero-order chi connectivity index (χ0) is 21.6. The molecule has 0 aliphatic carbocycles. The van der Waals surface area contributed by atoms with Crippen LogP contribution in [0.1, 0.15) is 10.4 Å². The Morgan fingerprint density at radius 3 is 1.66 bits per heavy atom. The first-order valence-corrected chi connectivity index (χ1v) is 17.7. The topological polar surface area (TPSA) is 40.9 Å². The molecule has 0 spiro atoms. The van der Waals surface area contributed by atoms with Gasteiger partial charge in [-0.05, 0) is 17.7 Å². The quantitative estimate of drug-likeness (QED) is 0.163. The van der Waals surface area contributed by atoms with Gasteiger partial charge in [0.05, 0.1) is 5.91 Å². The molecule has 1 N–H and O–H groups in total. The van der Waals surface area contributed by atoms with E-state index < -0.39 is 26.8 Å². The van der Waals surface area contributed by atoms with Crippen LogP contribution in [0.3, 0.4) is 0 Å². The van der Waals surface area contributed by atoms with Crippen molar-refractivity contribution in [2.24, 2.45) is 0 Å². The summed E-state index contributed by atoms with van der Waals surface area (Å²) in [7, 11) is 11.0. The third kappa shape index (κ3) is 9.23. The molecule has 2 nitrogen and oxygen atoms in total. The number of rotatable bonds is 1. The van der Waals surface area contributed by atoms with Crippen molar-refractivity contribution < 1.29 is 25.6 Å². The molecule has 4 rings (SSSR count). The predicted molar refractivity (Wildman–Crippen MR) is 129 cm³/mol. The van der Waals surface area contributed by atoms with Gasteiger partial charge in [0.25, 0.3) is 0 Å². The Labute approximate surface area is 201 Å². The molecule has 0 fully saturated rings. The van der Waals surface area contributed by atoms with Crippen LogP contribution in [0.5, 0.6) is 0 Å². The van der Waals surface area contributed by atoms with Crippen LogP contribution in [0.4, 0.5) is 0 Å². The molecule has 1 amide bonds. The monoisotopic (exact) mass is 581 g/mol. The molecule has 2 radical (unpaired) electrons. The summed E-state index contributed by atoms with van der Waals surface area (Å²) in [5.41, 5.74) is 7.15. The Morgan fingerprint density at radius 2 is 1.28 bits per heavy atom. The summed E-state index contributed by atoms with van der Waals surface area (Å²) in [5, 5.41) is 5.39. The Bertz CT molecular complexity index is 956. The van der Waals surface area contributed by atoms with Crippen molar-refractivity contribution in [1.29, 1.82) is 0 Å². The van der Waals surface area contributed by atoms with Gasteiger partial charge < -0.3 is 10.5 Å². The summed E-state index contributed by atoms with van der Waals surface area (Å²) in [6, 6.07) is 26.0. The molecule has 0 aromatic heterocycles. The average Bonchev–Trinajstić information content (AvgIpc) is 3.09. The van der Waals surface area contributed by atoms with Crippen molar-refractivity contribution in [1.82, 2.24) is 0 Å². The number of halogens is 3. The second kappa shape index (κ2) is 15.0. The van der Waals surface area contributed by atoms with Gasteiger partial charge in [0.15, 0.2) is 0 Å². The van der Waals surface area contributed by atoms with Gasteiger partial charge in [-0.15, -0.1) is 39.7 Å². The van der Waals surface area contributed by atoms with Crippen molar-refractivity contribution in [2.75, 3.05) is 0 Å². The van der Waals surface area contributed by atoms with Crippen LogP contribution in [0.15, 0.2) is 83.3 Å². The van der Waals surface area contributed by atoms with E-state index in [-0.39, 0.29) is 0 Å². The molecule has 7 heteroatoms. The van der Waals surface area contributed by atoms with Crippen LogP contribution < -0.4 is 0 Å². The van der Waals surface area contributed by atoms with E-state index in [0.717, 1.165) is 14.0 Å². The molecule has 148 valence electrons. The Balaban J connectivity index is 0.000000235. The van der Waals surface area contributed by atoms with Crippen LogP contribution in [0.2, 0.25) is 13.1 Å². The van der Waals surface area contributed by atoms with Gasteiger partial charge in [-0.25, -0.2) is 0 Å². The number of hydrogen-bond acceptors (Lipinski definition) is 1. The minimum atomic E-state index is -0.826. The second-order valence-corrected chi connectivity index (χ2v) is 11.4. The van der Waals surface area contributed by atoms with Gasteiger partial charge in [-0.2, -0.15) is 0 Å². The zero-order valence-corrected chi connectivity index (χ0v) is 22.6. The van der Waals surface area contributed by atoms with Crippen LogP contribution in [-0.2, 0) is 20.8 Å². The van der Waals surface area contributed by atoms with E-state index in [1.807, 2.05) is 0 Å². The maximum Gasteiger partial charge on any atom is 0.0796 e. The fourth-order valence-electron chi connectivity index (χ4n) is 2.51. The minimum Gasteiger partial charge on any atom is -0.664 e. The van der Waals surface area contributed by atoms with Crippen molar-refractivity contribution in [3.05, 3.63) is 94.6 Å². The Morgan fingerprint density at radius 1 is 0.897 bits per heavy atom. The molecule has 0 aliphatic heterocycles. The van der Waals surface area contributed by atoms with Crippen molar-refractivity contribution >= 4 is 69.9 Å². The number of hydrogen-bond donors (Lipinski definition) is 0. The molecule has 4 aromatic rings. The Hall–Kier alpha value is -0.840. The molecule has 0 unspecified atom stereocenters. The maximum absolute atomic E-state index is 10.4. The molecular formula is C22H20BrCl2NOSiZr. The fourth-order valence-corrected chi connectivity index (χ4v) is 2.77. The van der Waals surface area contributed by atoms with E-state index >= 15 is 0 Å². The summed E-state index contributed by atoms with van der Waals surface area (Å²) in [4.78, 5) is 10.4. The van der Waals surface area contributed by atoms with Crippen LogP contribution in [-0.4, -0.2) is 15.4 Å². The van der Waals surface area contributed by atoms with Crippen molar-refractivity contribution in [3.63, 3.8) is 0 Å². The first-order chi connectivity index (χ1) is 14.0. The van der Waals surface area contributed by atoms with Gasteiger partial charge in [0.2, 0.25) is 0 Å². The van der Waals surface area contributed by atoms with Gasteiger partial charge >= 0.3 is 37.9 Å². The first-order valence-electron chi connectivity index (χ1n) is 8.57. The molecule has 29 heavy (non-hydrogen) atoms. The number of carbonyl (C=O) groups excluding carboxylic acids is 1. The summed E-state index contributed by atoms with van der Waals surface area (Å²) in [6.07, 6.45) is 0. The normalized spacial score (nSPS) is 9.14. The van der Waals surface area contributed by atoms with Gasteiger partial charge in [-0.1, -0.05) is 77.6 Å². The predicted octanol–water partition coefficient (Wildman–Crippen LogP) is 8.52. The number of fused-ring (bicyclic) bond motifs is 3. The molecule has 0 saturated heterocycles. The molecule has 0 saturated carbocycles. The molecule has 4 aromatic carbocycles. The average molecular weight is 585 g/mol. The standard InChI is InChI=1S/C13H9.C7H6BrNO.C2H6Si.2ClH.Zr/c1-3-7-12-10(5-1)9-11-6-2-4-8-13(11)12;8-6-3-1-5(2-4-6)7(9)10;1-3-2;;;/h1-9H;1-4H,(H2,9,10);1-2H3;2*1H;/q-1;;;;;+4/p-3. The zero-order valence-electron chi connectivity index (χ0n) is 16.0. The third-order valence-corrected chi connectivity index (χ3v) is 4.16. The summed E-state index contributed by atoms with van der Waals surface area (Å²) in [5.74, 6) is -0.646. The molecular weight excluding hydrogens is 564 g/mol. The summed E-state index contributed by atoms with van der Waals surface area (Å²) in [6.45, 7) is 4.31. The van der Waals surface area contributed by atoms with Gasteiger partial charge in [0, 0.05) is 14.0 Å². The molecule has 0 aliphatic rings. The summed E-state index contributed by atoms with van der Waals surface area (Å²) >= 11 is 2.40. The number of benzene rings is 3. The van der Waals surface area contributed by atoms with E-state index in [0.29, 0.717) is 5.56 Å². The minimum absolute atomic E-state index is 0.420. The third-order valence-electron chi connectivity index (χ3n) is 3.63. The largest absolute Gasteiger partial charge is 0.664 e. The first kappa shape index (κ1) is 26.2. The number of carbonyl (C=O) groups is 1. The van der Waals surface area contributed by atoms with Crippen LogP contribution in [0.25, 0.3) is 27.3 Å². The van der Waals surface area contributed by atoms with Crippen LogP contribution >= 0.6 is 33.0 Å². The SMILES string of the molecule is C[Si]C.[Cl][Zr+2][Cl].[NH-]C(=O)c1ccc(Br)cc1.c1ccc2c(c1)[cH-]c1ccccc12. The van der Waals surface area contributed by atoms with E-state index in [9.17, 15) is 4.79 Å². The van der Waals surface area contributed by atoms with E-state index in [1.165, 1.54) is 21.5 Å². The molecule has 0 heterocycles. The number of amides is 1. The van der Waals surface area contributed by atoms with E-state index in [2.05, 4.69) is 83.6 Å². The summed E-state index contributed by atoms with van der Waals surface area (Å²) < 4.78 is 0.914. The maximum atomic E-state index is 10.4. The van der Waals surface area contributed by atoms with E-state index in [4.69, 9.17) is 22.8 Å². The second-order valence-electron chi connectivity index (χ2n) is 5.73. The van der Waals surface area contributed by atoms with Crippen LogP contribution in [0, 0.1) is 0 Å². The van der Waals surface area contributed by atoms with Crippen molar-refractivity contribution in [2.45, 2.75) is 13.1 Å². The Kier molecular flexibility index (Phi) is 13.6. The van der Waals surface area contributed by atoms with Gasteiger partial charge in [0.1, 0.15) is 0 Å². The molecule has 0 bridgehead atoms.